The molecule has 1 aliphatic rings. The van der Waals surface area contributed by atoms with E-state index in [1.807, 2.05) is 49.1 Å². The Morgan fingerprint density at radius 3 is 2.84 bits per heavy atom. The summed E-state index contributed by atoms with van der Waals surface area (Å²) in [6.45, 7) is 6.66. The molecule has 1 aromatic heterocycles. The van der Waals surface area contributed by atoms with Crippen LogP contribution in [0.15, 0.2) is 46.9 Å². The highest BCUT2D eigenvalue weighted by Gasteiger charge is 2.27. The second kappa shape index (κ2) is 8.21. The molecule has 0 radical (unpaired) electrons. The van der Waals surface area contributed by atoms with Crippen LogP contribution in [0.2, 0.25) is 0 Å². The molecule has 25 heavy (non-hydrogen) atoms. The summed E-state index contributed by atoms with van der Waals surface area (Å²) in [6, 6.07) is 13.8. The minimum Gasteiger partial charge on any atom is -0.464 e. The summed E-state index contributed by atoms with van der Waals surface area (Å²) in [5, 5.41) is 3.01. The Morgan fingerprint density at radius 2 is 2.12 bits per heavy atom. The summed E-state index contributed by atoms with van der Waals surface area (Å²) in [4.78, 5) is 14.3. The predicted molar refractivity (Wildman–Crippen MR) is 96.2 cm³/mol. The zero-order valence-electron chi connectivity index (χ0n) is 14.9. The van der Waals surface area contributed by atoms with Crippen molar-refractivity contribution in [2.45, 2.75) is 32.9 Å². The van der Waals surface area contributed by atoms with Gasteiger partial charge in [-0.25, -0.2) is 4.79 Å². The summed E-state index contributed by atoms with van der Waals surface area (Å²) in [7, 11) is 0. The minimum absolute atomic E-state index is 0.0351. The molecule has 1 saturated heterocycles. The van der Waals surface area contributed by atoms with E-state index in [1.54, 1.807) is 0 Å². The Morgan fingerprint density at radius 1 is 1.32 bits per heavy atom. The fourth-order valence-corrected chi connectivity index (χ4v) is 3.10. The molecule has 2 amide bonds. The number of carbonyl (C=O) groups is 1. The molecular formula is C20H26N2O3. The van der Waals surface area contributed by atoms with Crippen LogP contribution in [-0.4, -0.2) is 30.6 Å². The van der Waals surface area contributed by atoms with Crippen LogP contribution in [0.1, 0.15) is 36.5 Å². The number of benzene rings is 1. The average molecular weight is 342 g/mol. The number of nitrogens with one attached hydrogen (secondary N) is 1. The van der Waals surface area contributed by atoms with Crippen LogP contribution in [0.4, 0.5) is 4.79 Å². The predicted octanol–water partition coefficient (Wildman–Crippen LogP) is 3.90. The highest BCUT2D eigenvalue weighted by molar-refractivity contribution is 5.74. The van der Waals surface area contributed by atoms with Crippen LogP contribution in [0.5, 0.6) is 0 Å². The normalized spacial score (nSPS) is 18.3. The van der Waals surface area contributed by atoms with E-state index in [-0.39, 0.29) is 12.1 Å². The standard InChI is InChI=1S/C20H26N2O3/c1-15-8-9-19(25-15)16(2)21-20(23)22-11-10-18(12-22)14-24-13-17-6-4-3-5-7-17/h3-9,16,18H,10-14H2,1-2H3,(H,21,23)/t16-,18+/m1/s1. The van der Waals surface area contributed by atoms with Crippen molar-refractivity contribution in [3.05, 3.63) is 59.5 Å². The fourth-order valence-electron chi connectivity index (χ4n) is 3.10. The molecule has 2 atom stereocenters. The van der Waals surface area contributed by atoms with Crippen molar-refractivity contribution in [3.8, 4) is 0 Å². The van der Waals surface area contributed by atoms with E-state index in [1.165, 1.54) is 5.56 Å². The average Bonchev–Trinajstić information content (AvgIpc) is 3.25. The molecule has 1 aromatic carbocycles. The van der Waals surface area contributed by atoms with Gasteiger partial charge in [0.2, 0.25) is 0 Å². The van der Waals surface area contributed by atoms with Gasteiger partial charge in [0.25, 0.3) is 0 Å². The van der Waals surface area contributed by atoms with E-state index in [9.17, 15) is 4.79 Å². The molecule has 2 aromatic rings. The fraction of sp³-hybridized carbons (Fsp3) is 0.450. The Hall–Kier alpha value is -2.27. The van der Waals surface area contributed by atoms with E-state index in [0.717, 1.165) is 31.0 Å². The minimum atomic E-state index is -0.130. The van der Waals surface area contributed by atoms with Crippen LogP contribution >= 0.6 is 0 Å². The summed E-state index contributed by atoms with van der Waals surface area (Å²) >= 11 is 0. The third kappa shape index (κ3) is 4.86. The molecule has 3 rings (SSSR count). The highest BCUT2D eigenvalue weighted by atomic mass is 16.5. The van der Waals surface area contributed by atoms with Crippen molar-refractivity contribution in [1.82, 2.24) is 10.2 Å². The van der Waals surface area contributed by atoms with Crippen molar-refractivity contribution in [3.63, 3.8) is 0 Å². The van der Waals surface area contributed by atoms with Gasteiger partial charge in [-0.05, 0) is 38.0 Å². The van der Waals surface area contributed by atoms with Gasteiger partial charge in [0.15, 0.2) is 0 Å². The van der Waals surface area contributed by atoms with E-state index in [0.29, 0.717) is 19.1 Å². The Kier molecular flexibility index (Phi) is 5.76. The molecular weight excluding hydrogens is 316 g/mol. The van der Waals surface area contributed by atoms with Gasteiger partial charge in [-0.1, -0.05) is 30.3 Å². The first kappa shape index (κ1) is 17.5. The molecule has 0 bridgehead atoms. The number of ether oxygens (including phenoxy) is 1. The number of hydrogen-bond donors (Lipinski definition) is 1. The topological polar surface area (TPSA) is 54.7 Å². The zero-order valence-corrected chi connectivity index (χ0v) is 14.9. The maximum Gasteiger partial charge on any atom is 0.317 e. The first-order chi connectivity index (χ1) is 12.1. The van der Waals surface area contributed by atoms with Crippen molar-refractivity contribution in [2.75, 3.05) is 19.7 Å². The summed E-state index contributed by atoms with van der Waals surface area (Å²) in [6.07, 6.45) is 0.983. The molecule has 1 fully saturated rings. The van der Waals surface area contributed by atoms with Gasteiger partial charge in [0.05, 0.1) is 19.3 Å². The van der Waals surface area contributed by atoms with Crippen molar-refractivity contribution in [1.29, 1.82) is 0 Å². The van der Waals surface area contributed by atoms with Crippen molar-refractivity contribution in [2.24, 2.45) is 5.92 Å². The number of amides is 2. The van der Waals surface area contributed by atoms with E-state index in [4.69, 9.17) is 9.15 Å². The monoisotopic (exact) mass is 342 g/mol. The molecule has 1 aliphatic heterocycles. The molecule has 1 N–H and O–H groups in total. The smallest absolute Gasteiger partial charge is 0.317 e. The van der Waals surface area contributed by atoms with Crippen LogP contribution < -0.4 is 5.32 Å². The lowest BCUT2D eigenvalue weighted by atomic mass is 10.1. The quantitative estimate of drug-likeness (QED) is 0.866. The molecule has 5 nitrogen and oxygen atoms in total. The largest absolute Gasteiger partial charge is 0.464 e. The van der Waals surface area contributed by atoms with Crippen molar-refractivity contribution < 1.29 is 13.9 Å². The zero-order chi connectivity index (χ0) is 17.6. The molecule has 0 unspecified atom stereocenters. The van der Waals surface area contributed by atoms with Gasteiger partial charge in [-0.3, -0.25) is 0 Å². The number of hydrogen-bond acceptors (Lipinski definition) is 3. The number of rotatable bonds is 6. The Balaban J connectivity index is 1.40. The Bertz CT molecular complexity index is 683. The molecule has 0 aliphatic carbocycles. The number of aryl methyl sites for hydroxylation is 1. The second-order valence-corrected chi connectivity index (χ2v) is 6.72. The molecule has 134 valence electrons. The summed E-state index contributed by atoms with van der Waals surface area (Å²) in [5.74, 6) is 2.04. The van der Waals surface area contributed by atoms with E-state index in [2.05, 4.69) is 17.4 Å². The van der Waals surface area contributed by atoms with Crippen LogP contribution in [0, 0.1) is 12.8 Å². The van der Waals surface area contributed by atoms with Gasteiger partial charge in [-0.15, -0.1) is 0 Å². The lowest BCUT2D eigenvalue weighted by Crippen LogP contribution is -2.39. The van der Waals surface area contributed by atoms with Crippen LogP contribution in [-0.2, 0) is 11.3 Å². The molecule has 0 spiro atoms. The van der Waals surface area contributed by atoms with Gasteiger partial charge in [-0.2, -0.15) is 0 Å². The van der Waals surface area contributed by atoms with Gasteiger partial charge >= 0.3 is 6.03 Å². The second-order valence-electron chi connectivity index (χ2n) is 6.72. The van der Waals surface area contributed by atoms with Gasteiger partial charge in [0.1, 0.15) is 11.5 Å². The lowest BCUT2D eigenvalue weighted by molar-refractivity contribution is 0.0896. The van der Waals surface area contributed by atoms with Crippen molar-refractivity contribution >= 4 is 6.03 Å². The molecule has 2 heterocycles. The first-order valence-electron chi connectivity index (χ1n) is 8.85. The van der Waals surface area contributed by atoms with Crippen LogP contribution in [0.3, 0.4) is 0 Å². The third-order valence-electron chi connectivity index (χ3n) is 4.57. The number of furan rings is 1. The Labute approximate surface area is 149 Å². The van der Waals surface area contributed by atoms with Gasteiger partial charge < -0.3 is 19.4 Å². The summed E-state index contributed by atoms with van der Waals surface area (Å²) < 4.78 is 11.4. The maximum absolute atomic E-state index is 12.4. The highest BCUT2D eigenvalue weighted by Crippen LogP contribution is 2.20. The van der Waals surface area contributed by atoms with E-state index >= 15 is 0 Å². The molecule has 5 heteroatoms. The third-order valence-corrected chi connectivity index (χ3v) is 4.57. The summed E-state index contributed by atoms with van der Waals surface area (Å²) in [5.41, 5.74) is 1.18. The number of carbonyl (C=O) groups excluding carboxylic acids is 1. The van der Waals surface area contributed by atoms with Gasteiger partial charge in [0, 0.05) is 19.0 Å². The number of nitrogens with zero attached hydrogens (tertiary/aromatic N) is 1. The van der Waals surface area contributed by atoms with E-state index < -0.39 is 0 Å². The lowest BCUT2D eigenvalue weighted by Gasteiger charge is -2.20. The number of urea groups is 1. The van der Waals surface area contributed by atoms with Crippen LogP contribution in [0.25, 0.3) is 0 Å². The number of likely N-dealkylation sites (tertiary alicyclic amines) is 1. The first-order valence-corrected chi connectivity index (χ1v) is 8.85. The molecule has 0 saturated carbocycles. The maximum atomic E-state index is 12.4. The SMILES string of the molecule is Cc1ccc([C@@H](C)NC(=O)N2CC[C@H](COCc3ccccc3)C2)o1.